The van der Waals surface area contributed by atoms with E-state index in [0.717, 1.165) is 10.3 Å². The quantitative estimate of drug-likeness (QED) is 0.163. The number of Topliss-reactive ketones (excluding diaryl/α,β-unsaturated/α-hetero) is 1. The number of aliphatic hydroxyl groups excluding tert-OH is 1. The maximum atomic E-state index is 13.5. The number of benzene rings is 2. The monoisotopic (exact) mass is 567 g/mol. The third kappa shape index (κ3) is 4.42. The van der Waals surface area contributed by atoms with Gasteiger partial charge in [0.25, 0.3) is 5.78 Å². The molecule has 0 radical (unpaired) electrons. The summed E-state index contributed by atoms with van der Waals surface area (Å²) in [6.45, 7) is 6.36. The van der Waals surface area contributed by atoms with E-state index in [4.69, 9.17) is 27.9 Å². The van der Waals surface area contributed by atoms with Gasteiger partial charge >= 0.3 is 5.91 Å². The zero-order valence-electron chi connectivity index (χ0n) is 21.0. The number of ether oxygens (including phenoxy) is 1. The number of aromatic nitrogens is 2. The lowest BCUT2D eigenvalue weighted by molar-refractivity contribution is -0.132. The number of hydrogen-bond acceptors (Lipinski definition) is 7. The van der Waals surface area contributed by atoms with Crippen LogP contribution in [0.2, 0.25) is 10.0 Å². The zero-order chi connectivity index (χ0) is 27.4. The average molecular weight is 568 g/mol. The molecular weight excluding hydrogens is 545 g/mol. The minimum Gasteiger partial charge on any atom is -0.507 e. The maximum Gasteiger partial charge on any atom is 0.301 e. The van der Waals surface area contributed by atoms with Crippen molar-refractivity contribution in [1.29, 1.82) is 0 Å². The van der Waals surface area contributed by atoms with Crippen LogP contribution in [0.1, 0.15) is 43.5 Å². The highest BCUT2D eigenvalue weighted by Crippen LogP contribution is 2.45. The van der Waals surface area contributed by atoms with Gasteiger partial charge < -0.3 is 9.84 Å². The predicted octanol–water partition coefficient (Wildman–Crippen LogP) is 6.93. The standard InChI is InChI=1S/C28H23Cl2N3O4S/c1-28(2,3)16-7-8-19-20(12-16)38-27(32-19)33-22(14-6-5-9-31-13-14)21(24(35)26(33)36)23(34)15-10-17(29)25(37-4)18(30)11-15/h5-13,22,34H,1-4H3/b23-21+. The van der Waals surface area contributed by atoms with E-state index in [1.54, 1.807) is 24.5 Å². The second-order valence-electron chi connectivity index (χ2n) is 9.86. The van der Waals surface area contributed by atoms with Crippen LogP contribution < -0.4 is 9.64 Å². The Hall–Kier alpha value is -3.46. The first-order valence-corrected chi connectivity index (χ1v) is 13.2. The molecule has 194 valence electrons. The van der Waals surface area contributed by atoms with Gasteiger partial charge in [-0.15, -0.1) is 0 Å². The number of thiazole rings is 1. The lowest BCUT2D eigenvalue weighted by atomic mass is 9.87. The highest BCUT2D eigenvalue weighted by Gasteiger charge is 2.48. The Bertz CT molecular complexity index is 1600. The number of carbonyl (C=O) groups is 2. The molecule has 1 saturated heterocycles. The van der Waals surface area contributed by atoms with Gasteiger partial charge in [0.15, 0.2) is 10.9 Å². The van der Waals surface area contributed by atoms with Crippen LogP contribution in [0, 0.1) is 0 Å². The molecule has 1 aliphatic heterocycles. The van der Waals surface area contributed by atoms with Crippen molar-refractivity contribution < 1.29 is 19.4 Å². The Morgan fingerprint density at radius 1 is 1.11 bits per heavy atom. The van der Waals surface area contributed by atoms with Gasteiger partial charge in [0.1, 0.15) is 5.76 Å². The Kier molecular flexibility index (Phi) is 6.67. The topological polar surface area (TPSA) is 92.6 Å². The summed E-state index contributed by atoms with van der Waals surface area (Å²) in [5, 5.41) is 12.0. The maximum absolute atomic E-state index is 13.5. The first-order chi connectivity index (χ1) is 18.0. The van der Waals surface area contributed by atoms with Gasteiger partial charge in [-0.1, -0.05) is 67.4 Å². The minimum atomic E-state index is -0.967. The van der Waals surface area contributed by atoms with E-state index in [1.165, 1.54) is 35.5 Å². The van der Waals surface area contributed by atoms with E-state index in [2.05, 4.69) is 30.7 Å². The molecule has 0 bridgehead atoms. The van der Waals surface area contributed by atoms with Crippen LogP contribution in [-0.2, 0) is 15.0 Å². The van der Waals surface area contributed by atoms with E-state index in [-0.39, 0.29) is 32.3 Å². The normalized spacial score (nSPS) is 17.4. The van der Waals surface area contributed by atoms with Crippen molar-refractivity contribution in [2.24, 2.45) is 0 Å². The summed E-state index contributed by atoms with van der Waals surface area (Å²) in [6, 6.07) is 11.3. The number of hydrogen-bond donors (Lipinski definition) is 1. The molecule has 1 N–H and O–H groups in total. The highest BCUT2D eigenvalue weighted by molar-refractivity contribution is 7.22. The van der Waals surface area contributed by atoms with Crippen molar-refractivity contribution in [3.8, 4) is 5.75 Å². The van der Waals surface area contributed by atoms with Gasteiger partial charge in [-0.3, -0.25) is 19.5 Å². The summed E-state index contributed by atoms with van der Waals surface area (Å²) < 4.78 is 6.07. The van der Waals surface area contributed by atoms with Crippen molar-refractivity contribution in [1.82, 2.24) is 9.97 Å². The molecule has 38 heavy (non-hydrogen) atoms. The molecule has 0 aliphatic carbocycles. The van der Waals surface area contributed by atoms with Crippen molar-refractivity contribution >= 4 is 67.3 Å². The zero-order valence-corrected chi connectivity index (χ0v) is 23.3. The van der Waals surface area contributed by atoms with Crippen LogP contribution in [0.3, 0.4) is 0 Å². The summed E-state index contributed by atoms with van der Waals surface area (Å²) in [6.07, 6.45) is 3.14. The van der Waals surface area contributed by atoms with Crippen molar-refractivity contribution in [3.63, 3.8) is 0 Å². The lowest BCUT2D eigenvalue weighted by Crippen LogP contribution is -2.29. The summed E-state index contributed by atoms with van der Waals surface area (Å²) in [5.41, 5.74) is 2.35. The molecule has 1 aliphatic rings. The summed E-state index contributed by atoms with van der Waals surface area (Å²) in [4.78, 5) is 37.1. The molecule has 1 unspecified atom stereocenters. The van der Waals surface area contributed by atoms with E-state index >= 15 is 0 Å². The first kappa shape index (κ1) is 26.2. The molecule has 10 heteroatoms. The van der Waals surface area contributed by atoms with Gasteiger partial charge in [0, 0.05) is 18.0 Å². The molecule has 0 spiro atoms. The van der Waals surface area contributed by atoms with Crippen LogP contribution in [0.15, 0.2) is 60.4 Å². The summed E-state index contributed by atoms with van der Waals surface area (Å²) in [7, 11) is 1.42. The average Bonchev–Trinajstić information content (AvgIpc) is 3.41. The lowest BCUT2D eigenvalue weighted by Gasteiger charge is -2.22. The number of methoxy groups -OCH3 is 1. The van der Waals surface area contributed by atoms with Crippen molar-refractivity contribution in [2.45, 2.75) is 32.2 Å². The number of anilines is 1. The van der Waals surface area contributed by atoms with Gasteiger partial charge in [-0.25, -0.2) is 4.98 Å². The molecule has 5 rings (SSSR count). The molecule has 1 atom stereocenters. The number of halogens is 2. The van der Waals surface area contributed by atoms with Gasteiger partial charge in [-0.05, 0) is 46.9 Å². The minimum absolute atomic E-state index is 0.0708. The van der Waals surface area contributed by atoms with Gasteiger partial charge in [-0.2, -0.15) is 0 Å². The van der Waals surface area contributed by atoms with E-state index < -0.39 is 23.5 Å². The van der Waals surface area contributed by atoms with E-state index in [9.17, 15) is 14.7 Å². The largest absolute Gasteiger partial charge is 0.507 e. The number of amides is 1. The molecule has 3 heterocycles. The molecular formula is C28H23Cl2N3O4S. The number of fused-ring (bicyclic) bond motifs is 1. The molecule has 0 saturated carbocycles. The number of nitrogens with zero attached hydrogens (tertiary/aromatic N) is 3. The first-order valence-electron chi connectivity index (χ1n) is 11.7. The van der Waals surface area contributed by atoms with Crippen LogP contribution in [-0.4, -0.2) is 33.9 Å². The second kappa shape index (κ2) is 9.69. The SMILES string of the molecule is COc1c(Cl)cc(/C(O)=C2\C(=O)C(=O)N(c3nc4ccc(C(C)(C)C)cc4s3)C2c2cccnc2)cc1Cl. The Morgan fingerprint density at radius 3 is 2.42 bits per heavy atom. The number of ketones is 1. The molecule has 1 fully saturated rings. The van der Waals surface area contributed by atoms with E-state index in [1.807, 2.05) is 18.2 Å². The predicted molar refractivity (Wildman–Crippen MR) is 150 cm³/mol. The molecule has 2 aromatic carbocycles. The Balaban J connectivity index is 1.70. The molecule has 7 nitrogen and oxygen atoms in total. The highest BCUT2D eigenvalue weighted by atomic mass is 35.5. The second-order valence-corrected chi connectivity index (χ2v) is 11.7. The fourth-order valence-electron chi connectivity index (χ4n) is 4.41. The summed E-state index contributed by atoms with van der Waals surface area (Å²) in [5.74, 6) is -1.84. The van der Waals surface area contributed by atoms with E-state index in [0.29, 0.717) is 16.2 Å². The molecule has 2 aromatic heterocycles. The van der Waals surface area contributed by atoms with Gasteiger partial charge in [0.2, 0.25) is 0 Å². The van der Waals surface area contributed by atoms with Crippen LogP contribution in [0.5, 0.6) is 5.75 Å². The van der Waals surface area contributed by atoms with Crippen LogP contribution in [0.25, 0.3) is 16.0 Å². The number of rotatable bonds is 4. The van der Waals surface area contributed by atoms with Gasteiger partial charge in [0.05, 0.1) is 39.0 Å². The summed E-state index contributed by atoms with van der Waals surface area (Å²) >= 11 is 13.9. The number of pyridine rings is 1. The third-order valence-electron chi connectivity index (χ3n) is 6.37. The van der Waals surface area contributed by atoms with Crippen LogP contribution in [0.4, 0.5) is 5.13 Å². The fourth-order valence-corrected chi connectivity index (χ4v) is 6.08. The Labute approximate surface area is 233 Å². The van der Waals surface area contributed by atoms with Crippen LogP contribution >= 0.6 is 34.5 Å². The smallest absolute Gasteiger partial charge is 0.301 e. The molecule has 4 aromatic rings. The van der Waals surface area contributed by atoms with Crippen molar-refractivity contribution in [2.75, 3.05) is 12.0 Å². The molecule has 1 amide bonds. The Morgan fingerprint density at radius 2 is 1.82 bits per heavy atom. The third-order valence-corrected chi connectivity index (χ3v) is 7.95. The number of aliphatic hydroxyl groups is 1. The fraction of sp³-hybridized carbons (Fsp3) is 0.214. The number of carbonyl (C=O) groups excluding carboxylic acids is 2. The van der Waals surface area contributed by atoms with Crippen molar-refractivity contribution in [3.05, 3.63) is 87.2 Å².